The predicted molar refractivity (Wildman–Crippen MR) is 66.3 cm³/mol. The number of nitrogens with zero attached hydrogens (tertiary/aromatic N) is 2. The van der Waals surface area contributed by atoms with Gasteiger partial charge in [0.2, 0.25) is 0 Å². The average Bonchev–Trinajstić information content (AvgIpc) is 2.29. The second kappa shape index (κ2) is 4.37. The third kappa shape index (κ3) is 2.58. The fourth-order valence-electron chi connectivity index (χ4n) is 2.23. The minimum Gasteiger partial charge on any atom is -0.370 e. The first-order chi connectivity index (χ1) is 8.02. The second-order valence-corrected chi connectivity index (χ2v) is 5.42. The first-order valence-electron chi connectivity index (χ1n) is 5.96. The van der Waals surface area contributed by atoms with E-state index in [0.29, 0.717) is 11.0 Å². The van der Waals surface area contributed by atoms with Gasteiger partial charge >= 0.3 is 0 Å². The smallest absolute Gasteiger partial charge is 0.124 e. The normalized spacial score (nSPS) is 18.8. The molecule has 2 nitrogen and oxygen atoms in total. The van der Waals surface area contributed by atoms with Gasteiger partial charge in [-0.2, -0.15) is 5.26 Å². The SMILES string of the molecule is CC1(C)CCN(c2ccc(F)cc2C#N)CC1. The van der Waals surface area contributed by atoms with E-state index in [-0.39, 0.29) is 5.82 Å². The summed E-state index contributed by atoms with van der Waals surface area (Å²) in [4.78, 5) is 2.18. The third-order valence-electron chi connectivity index (χ3n) is 3.54. The standard InChI is InChI=1S/C14H17FN2/c1-14(2)5-7-17(8-6-14)13-4-3-12(15)9-11(13)10-16/h3-4,9H,5-8H2,1-2H3. The van der Waals surface area contributed by atoms with Crippen LogP contribution in [0.1, 0.15) is 32.3 Å². The van der Waals surface area contributed by atoms with E-state index < -0.39 is 0 Å². The quantitative estimate of drug-likeness (QED) is 0.742. The van der Waals surface area contributed by atoms with E-state index in [9.17, 15) is 4.39 Å². The predicted octanol–water partition coefficient (Wildman–Crippen LogP) is 3.32. The monoisotopic (exact) mass is 232 g/mol. The average molecular weight is 232 g/mol. The summed E-state index contributed by atoms with van der Waals surface area (Å²) < 4.78 is 13.1. The highest BCUT2D eigenvalue weighted by atomic mass is 19.1. The number of piperidine rings is 1. The van der Waals surface area contributed by atoms with E-state index in [2.05, 4.69) is 24.8 Å². The van der Waals surface area contributed by atoms with Crippen LogP contribution in [0.4, 0.5) is 10.1 Å². The molecule has 0 atom stereocenters. The molecule has 0 unspecified atom stereocenters. The van der Waals surface area contributed by atoms with Crippen molar-refractivity contribution in [3.05, 3.63) is 29.6 Å². The second-order valence-electron chi connectivity index (χ2n) is 5.42. The van der Waals surface area contributed by atoms with Gasteiger partial charge in [-0.3, -0.25) is 0 Å². The van der Waals surface area contributed by atoms with Gasteiger partial charge < -0.3 is 4.90 Å². The van der Waals surface area contributed by atoms with Crippen molar-refractivity contribution in [3.63, 3.8) is 0 Å². The molecular formula is C14H17FN2. The Hall–Kier alpha value is -1.56. The molecule has 1 aliphatic heterocycles. The highest BCUT2D eigenvalue weighted by Gasteiger charge is 2.26. The van der Waals surface area contributed by atoms with Crippen LogP contribution in [-0.4, -0.2) is 13.1 Å². The molecule has 0 bridgehead atoms. The molecule has 2 rings (SSSR count). The largest absolute Gasteiger partial charge is 0.370 e. The minimum atomic E-state index is -0.345. The van der Waals surface area contributed by atoms with Gasteiger partial charge in [-0.05, 0) is 36.5 Å². The Balaban J connectivity index is 2.22. The molecule has 90 valence electrons. The number of hydrogen-bond donors (Lipinski definition) is 0. The Morgan fingerprint density at radius 1 is 1.29 bits per heavy atom. The Bertz CT molecular complexity index is 450. The number of anilines is 1. The van der Waals surface area contributed by atoms with E-state index in [1.165, 1.54) is 12.1 Å². The van der Waals surface area contributed by atoms with Gasteiger partial charge in [-0.25, -0.2) is 4.39 Å². The molecule has 1 fully saturated rings. The molecule has 0 amide bonds. The molecule has 0 aromatic heterocycles. The first kappa shape index (κ1) is 11.9. The van der Waals surface area contributed by atoms with Crippen molar-refractivity contribution < 1.29 is 4.39 Å². The molecule has 1 heterocycles. The van der Waals surface area contributed by atoms with E-state index in [0.717, 1.165) is 31.6 Å². The molecule has 0 spiro atoms. The van der Waals surface area contributed by atoms with E-state index in [1.807, 2.05) is 0 Å². The van der Waals surface area contributed by atoms with Crippen LogP contribution in [-0.2, 0) is 0 Å². The topological polar surface area (TPSA) is 27.0 Å². The summed E-state index contributed by atoms with van der Waals surface area (Å²) in [5, 5.41) is 9.03. The minimum absolute atomic E-state index is 0.345. The maximum Gasteiger partial charge on any atom is 0.124 e. The van der Waals surface area contributed by atoms with Crippen molar-refractivity contribution in [1.29, 1.82) is 5.26 Å². The van der Waals surface area contributed by atoms with Gasteiger partial charge in [0.1, 0.15) is 11.9 Å². The molecular weight excluding hydrogens is 215 g/mol. The van der Waals surface area contributed by atoms with Crippen molar-refractivity contribution >= 4 is 5.69 Å². The van der Waals surface area contributed by atoms with E-state index in [1.54, 1.807) is 6.07 Å². The Labute approximate surface area is 102 Å². The molecule has 1 aromatic carbocycles. The first-order valence-corrected chi connectivity index (χ1v) is 5.96. The molecule has 17 heavy (non-hydrogen) atoms. The van der Waals surface area contributed by atoms with Crippen LogP contribution in [0.2, 0.25) is 0 Å². The Morgan fingerprint density at radius 3 is 2.53 bits per heavy atom. The zero-order valence-electron chi connectivity index (χ0n) is 10.3. The van der Waals surface area contributed by atoms with Crippen LogP contribution in [0.3, 0.4) is 0 Å². The van der Waals surface area contributed by atoms with Crippen LogP contribution in [0, 0.1) is 22.6 Å². The summed E-state index contributed by atoms with van der Waals surface area (Å²) in [6.45, 7) is 6.40. The number of benzene rings is 1. The summed E-state index contributed by atoms with van der Waals surface area (Å²) in [5.41, 5.74) is 1.68. The summed E-state index contributed by atoms with van der Waals surface area (Å²) in [5.74, 6) is -0.345. The summed E-state index contributed by atoms with van der Waals surface area (Å²) in [7, 11) is 0. The zero-order chi connectivity index (χ0) is 12.5. The zero-order valence-corrected chi connectivity index (χ0v) is 10.3. The Kier molecular flexibility index (Phi) is 3.06. The molecule has 0 N–H and O–H groups in total. The van der Waals surface area contributed by atoms with E-state index in [4.69, 9.17) is 5.26 Å². The van der Waals surface area contributed by atoms with Gasteiger partial charge in [-0.1, -0.05) is 13.8 Å². The maximum absolute atomic E-state index is 13.1. The van der Waals surface area contributed by atoms with Crippen LogP contribution in [0.15, 0.2) is 18.2 Å². The van der Waals surface area contributed by atoms with E-state index >= 15 is 0 Å². The molecule has 1 aliphatic rings. The molecule has 1 saturated heterocycles. The summed E-state index contributed by atoms with van der Waals surface area (Å²) >= 11 is 0. The lowest BCUT2D eigenvalue weighted by Crippen LogP contribution is -2.37. The van der Waals surface area contributed by atoms with Gasteiger partial charge in [0, 0.05) is 13.1 Å². The molecule has 0 aliphatic carbocycles. The van der Waals surface area contributed by atoms with Gasteiger partial charge in [0.25, 0.3) is 0 Å². The van der Waals surface area contributed by atoms with Crippen molar-refractivity contribution in [2.75, 3.05) is 18.0 Å². The maximum atomic E-state index is 13.1. The van der Waals surface area contributed by atoms with Crippen LogP contribution in [0.25, 0.3) is 0 Å². The number of halogens is 1. The number of rotatable bonds is 1. The van der Waals surface area contributed by atoms with Gasteiger partial charge in [0.05, 0.1) is 11.3 Å². The highest BCUT2D eigenvalue weighted by molar-refractivity contribution is 5.59. The number of nitriles is 1. The fourth-order valence-corrected chi connectivity index (χ4v) is 2.23. The van der Waals surface area contributed by atoms with Crippen LogP contribution in [0.5, 0.6) is 0 Å². The molecule has 0 radical (unpaired) electrons. The lowest BCUT2D eigenvalue weighted by molar-refractivity contribution is 0.280. The number of hydrogen-bond acceptors (Lipinski definition) is 2. The highest BCUT2D eigenvalue weighted by Crippen LogP contribution is 2.33. The summed E-state index contributed by atoms with van der Waals surface area (Å²) in [6, 6.07) is 6.53. The van der Waals surface area contributed by atoms with Crippen molar-refractivity contribution in [3.8, 4) is 6.07 Å². The fraction of sp³-hybridized carbons (Fsp3) is 0.500. The van der Waals surface area contributed by atoms with Gasteiger partial charge in [-0.15, -0.1) is 0 Å². The Morgan fingerprint density at radius 2 is 1.94 bits per heavy atom. The van der Waals surface area contributed by atoms with Crippen molar-refractivity contribution in [2.45, 2.75) is 26.7 Å². The summed E-state index contributed by atoms with van der Waals surface area (Å²) in [6.07, 6.45) is 2.21. The molecule has 3 heteroatoms. The molecule has 0 saturated carbocycles. The lowest BCUT2D eigenvalue weighted by Gasteiger charge is -2.38. The molecule has 1 aromatic rings. The lowest BCUT2D eigenvalue weighted by atomic mass is 9.82. The third-order valence-corrected chi connectivity index (χ3v) is 3.54. The van der Waals surface area contributed by atoms with Crippen LogP contribution >= 0.6 is 0 Å². The van der Waals surface area contributed by atoms with Crippen LogP contribution < -0.4 is 4.90 Å². The van der Waals surface area contributed by atoms with Crippen molar-refractivity contribution in [2.24, 2.45) is 5.41 Å². The van der Waals surface area contributed by atoms with Gasteiger partial charge in [0.15, 0.2) is 0 Å². The van der Waals surface area contributed by atoms with Crippen molar-refractivity contribution in [1.82, 2.24) is 0 Å².